The van der Waals surface area contributed by atoms with Crippen LogP contribution in [0.25, 0.3) is 0 Å². The van der Waals surface area contributed by atoms with Crippen molar-refractivity contribution in [1.82, 2.24) is 15.0 Å². The van der Waals surface area contributed by atoms with Crippen LogP contribution in [0.1, 0.15) is 40.0 Å². The quantitative estimate of drug-likeness (QED) is 0.899. The zero-order chi connectivity index (χ0) is 15.4. The van der Waals surface area contributed by atoms with Crippen molar-refractivity contribution in [3.05, 3.63) is 0 Å². The molecule has 0 aromatic carbocycles. The summed E-state index contributed by atoms with van der Waals surface area (Å²) in [5, 5.41) is 3.28. The van der Waals surface area contributed by atoms with Crippen LogP contribution in [0.5, 0.6) is 0 Å². The summed E-state index contributed by atoms with van der Waals surface area (Å²) >= 11 is 0. The summed E-state index contributed by atoms with van der Waals surface area (Å²) in [6, 6.07) is 0.468. The molecule has 6 heteroatoms. The highest BCUT2D eigenvalue weighted by atomic mass is 15.4. The van der Waals surface area contributed by atoms with Crippen molar-refractivity contribution in [3.8, 4) is 0 Å². The second-order valence-electron chi connectivity index (χ2n) is 6.13. The van der Waals surface area contributed by atoms with Crippen LogP contribution in [0.3, 0.4) is 0 Å². The van der Waals surface area contributed by atoms with Crippen LogP contribution in [0.2, 0.25) is 0 Å². The molecule has 1 saturated heterocycles. The van der Waals surface area contributed by atoms with Crippen molar-refractivity contribution in [2.24, 2.45) is 5.92 Å². The monoisotopic (exact) mass is 292 g/mol. The van der Waals surface area contributed by atoms with Crippen molar-refractivity contribution in [2.45, 2.75) is 46.1 Å². The van der Waals surface area contributed by atoms with Crippen molar-refractivity contribution in [3.63, 3.8) is 0 Å². The zero-order valence-electron chi connectivity index (χ0n) is 13.9. The van der Waals surface area contributed by atoms with E-state index in [1.165, 1.54) is 12.8 Å². The molecule has 1 aliphatic rings. The molecule has 0 spiro atoms. The van der Waals surface area contributed by atoms with Gasteiger partial charge in [-0.05, 0) is 32.1 Å². The molecule has 6 nitrogen and oxygen atoms in total. The van der Waals surface area contributed by atoms with E-state index in [2.05, 4.69) is 45.9 Å². The van der Waals surface area contributed by atoms with E-state index in [0.717, 1.165) is 25.5 Å². The van der Waals surface area contributed by atoms with E-state index in [0.29, 0.717) is 23.9 Å². The zero-order valence-corrected chi connectivity index (χ0v) is 13.9. The Hall–Kier alpha value is -1.59. The molecule has 2 heterocycles. The molecule has 118 valence electrons. The molecule has 2 unspecified atom stereocenters. The van der Waals surface area contributed by atoms with Crippen LogP contribution in [0.15, 0.2) is 0 Å². The van der Waals surface area contributed by atoms with Gasteiger partial charge in [0.1, 0.15) is 0 Å². The molecule has 0 aliphatic carbocycles. The second-order valence-corrected chi connectivity index (χ2v) is 6.13. The number of hydrogen-bond acceptors (Lipinski definition) is 6. The predicted molar refractivity (Wildman–Crippen MR) is 88.1 cm³/mol. The molecule has 1 aromatic heterocycles. The maximum absolute atomic E-state index is 4.64. The van der Waals surface area contributed by atoms with Gasteiger partial charge in [-0.2, -0.15) is 15.0 Å². The third kappa shape index (κ3) is 3.74. The number of piperidine rings is 1. The Labute approximate surface area is 128 Å². The summed E-state index contributed by atoms with van der Waals surface area (Å²) in [6.45, 7) is 8.61. The van der Waals surface area contributed by atoms with Gasteiger partial charge in [0.15, 0.2) is 0 Å². The average Bonchev–Trinajstić information content (AvgIpc) is 2.47. The van der Waals surface area contributed by atoms with Gasteiger partial charge in [-0.3, -0.25) is 0 Å². The molecule has 2 atom stereocenters. The van der Waals surface area contributed by atoms with Gasteiger partial charge in [0.2, 0.25) is 17.8 Å². The van der Waals surface area contributed by atoms with E-state index in [-0.39, 0.29) is 0 Å². The largest absolute Gasteiger partial charge is 0.354 e. The Kier molecular flexibility index (Phi) is 5.20. The number of aromatic nitrogens is 3. The van der Waals surface area contributed by atoms with Crippen molar-refractivity contribution in [1.29, 1.82) is 0 Å². The van der Waals surface area contributed by atoms with Gasteiger partial charge in [0.25, 0.3) is 0 Å². The summed E-state index contributed by atoms with van der Waals surface area (Å²) in [5.41, 5.74) is 0. The molecule has 1 fully saturated rings. The van der Waals surface area contributed by atoms with Gasteiger partial charge >= 0.3 is 0 Å². The van der Waals surface area contributed by atoms with E-state index >= 15 is 0 Å². The van der Waals surface area contributed by atoms with E-state index in [4.69, 9.17) is 0 Å². The Balaban J connectivity index is 2.30. The molecule has 0 bridgehead atoms. The van der Waals surface area contributed by atoms with Crippen LogP contribution in [-0.2, 0) is 0 Å². The van der Waals surface area contributed by atoms with Gasteiger partial charge in [-0.25, -0.2) is 0 Å². The Morgan fingerprint density at radius 3 is 2.67 bits per heavy atom. The molecule has 0 amide bonds. The van der Waals surface area contributed by atoms with E-state index in [9.17, 15) is 0 Å². The second kappa shape index (κ2) is 6.91. The highest BCUT2D eigenvalue weighted by molar-refractivity contribution is 5.45. The minimum atomic E-state index is 0.468. The summed E-state index contributed by atoms with van der Waals surface area (Å²) in [6.07, 6.45) is 3.53. The fraction of sp³-hybridized carbons (Fsp3) is 0.800. The lowest BCUT2D eigenvalue weighted by molar-refractivity contribution is 0.359. The number of rotatable bonds is 5. The fourth-order valence-corrected chi connectivity index (χ4v) is 2.62. The van der Waals surface area contributed by atoms with E-state index in [1.807, 2.05) is 19.0 Å². The first-order valence-electron chi connectivity index (χ1n) is 7.96. The molecule has 0 radical (unpaired) electrons. The summed E-state index contributed by atoms with van der Waals surface area (Å²) in [5.74, 6) is 2.86. The van der Waals surface area contributed by atoms with Gasteiger partial charge in [0.05, 0.1) is 0 Å². The smallest absolute Gasteiger partial charge is 0.232 e. The highest BCUT2D eigenvalue weighted by Gasteiger charge is 2.27. The van der Waals surface area contributed by atoms with Gasteiger partial charge in [-0.15, -0.1) is 0 Å². The van der Waals surface area contributed by atoms with E-state index < -0.39 is 0 Å². The maximum atomic E-state index is 4.64. The van der Waals surface area contributed by atoms with Crippen molar-refractivity contribution in [2.75, 3.05) is 42.3 Å². The van der Waals surface area contributed by atoms with Gasteiger partial charge in [0, 0.05) is 33.2 Å². The first kappa shape index (κ1) is 15.8. The SMILES string of the molecule is CCCNc1nc(N(C)C)nc(N2CCCC(C)C2C)n1. The van der Waals surface area contributed by atoms with Crippen LogP contribution in [-0.4, -0.2) is 48.2 Å². The maximum Gasteiger partial charge on any atom is 0.232 e. The van der Waals surface area contributed by atoms with Crippen molar-refractivity contribution < 1.29 is 0 Å². The lowest BCUT2D eigenvalue weighted by Crippen LogP contribution is -2.43. The molecular weight excluding hydrogens is 264 g/mol. The van der Waals surface area contributed by atoms with Gasteiger partial charge in [-0.1, -0.05) is 13.8 Å². The molecule has 21 heavy (non-hydrogen) atoms. The Morgan fingerprint density at radius 2 is 2.00 bits per heavy atom. The number of nitrogens with zero attached hydrogens (tertiary/aromatic N) is 5. The fourth-order valence-electron chi connectivity index (χ4n) is 2.62. The molecule has 1 N–H and O–H groups in total. The predicted octanol–water partition coefficient (Wildman–Crippen LogP) is 2.38. The lowest BCUT2D eigenvalue weighted by atomic mass is 9.92. The standard InChI is InChI=1S/C15H28N6/c1-6-9-16-13-17-14(20(4)5)19-15(18-13)21-10-7-8-11(2)12(21)3/h11-12H,6-10H2,1-5H3,(H,16,17,18,19). The van der Waals surface area contributed by atoms with Crippen LogP contribution in [0, 0.1) is 5.92 Å². The first-order chi connectivity index (χ1) is 10.0. The molecule has 2 rings (SSSR count). The number of anilines is 3. The molecule has 1 aromatic rings. The minimum absolute atomic E-state index is 0.468. The number of hydrogen-bond donors (Lipinski definition) is 1. The summed E-state index contributed by atoms with van der Waals surface area (Å²) in [4.78, 5) is 18.0. The summed E-state index contributed by atoms with van der Waals surface area (Å²) in [7, 11) is 3.93. The number of nitrogens with one attached hydrogen (secondary N) is 1. The third-order valence-electron chi connectivity index (χ3n) is 4.18. The molecule has 0 saturated carbocycles. The van der Waals surface area contributed by atoms with Crippen molar-refractivity contribution >= 4 is 17.8 Å². The average molecular weight is 292 g/mol. The molecular formula is C15H28N6. The first-order valence-corrected chi connectivity index (χ1v) is 7.96. The van der Waals surface area contributed by atoms with Crippen LogP contribution in [0.4, 0.5) is 17.8 Å². The van der Waals surface area contributed by atoms with Crippen LogP contribution >= 0.6 is 0 Å². The third-order valence-corrected chi connectivity index (χ3v) is 4.18. The summed E-state index contributed by atoms with van der Waals surface area (Å²) < 4.78 is 0. The topological polar surface area (TPSA) is 57.2 Å². The van der Waals surface area contributed by atoms with Gasteiger partial charge < -0.3 is 15.1 Å². The lowest BCUT2D eigenvalue weighted by Gasteiger charge is -2.38. The minimum Gasteiger partial charge on any atom is -0.354 e. The Bertz CT molecular complexity index is 461. The van der Waals surface area contributed by atoms with Crippen LogP contribution < -0.4 is 15.1 Å². The highest BCUT2D eigenvalue weighted by Crippen LogP contribution is 2.27. The molecule has 1 aliphatic heterocycles. The Morgan fingerprint density at radius 1 is 1.24 bits per heavy atom. The van der Waals surface area contributed by atoms with E-state index in [1.54, 1.807) is 0 Å². The normalized spacial score (nSPS) is 22.2.